The van der Waals surface area contributed by atoms with Gasteiger partial charge in [0.05, 0.1) is 27.4 Å². The highest BCUT2D eigenvalue weighted by Crippen LogP contribution is 2.37. The number of halogens is 5. The summed E-state index contributed by atoms with van der Waals surface area (Å²) in [6.07, 6.45) is -3.66. The van der Waals surface area contributed by atoms with Crippen LogP contribution in [-0.4, -0.2) is 43.2 Å². The Balaban J connectivity index is 1.53. The maximum Gasteiger partial charge on any atom is 0.418 e. The first kappa shape index (κ1) is 40.3. The van der Waals surface area contributed by atoms with Crippen molar-refractivity contribution in [1.29, 1.82) is 5.26 Å². The summed E-state index contributed by atoms with van der Waals surface area (Å²) in [4.78, 5) is 24.6. The summed E-state index contributed by atoms with van der Waals surface area (Å²) >= 11 is 0. The monoisotopic (exact) mass is 779 g/mol. The fraction of sp³-hybridized carbons (Fsp3) is 0.231. The Kier molecular flexibility index (Phi) is 12.5. The first-order chi connectivity index (χ1) is 26.2. The number of carbonyl (C=O) groups is 2. The highest BCUT2D eigenvalue weighted by molar-refractivity contribution is 7.90. The van der Waals surface area contributed by atoms with Gasteiger partial charge in [0, 0.05) is 29.8 Å². The smallest absolute Gasteiger partial charge is 0.372 e. The minimum atomic E-state index is -4.88. The summed E-state index contributed by atoms with van der Waals surface area (Å²) in [6.45, 7) is 3.47. The van der Waals surface area contributed by atoms with Crippen LogP contribution in [0.3, 0.4) is 0 Å². The lowest BCUT2D eigenvalue weighted by atomic mass is 9.97. The molecule has 5 rings (SSSR count). The maximum absolute atomic E-state index is 16.0. The van der Waals surface area contributed by atoms with Gasteiger partial charge in [0.25, 0.3) is 15.9 Å². The molecule has 0 saturated carbocycles. The second-order valence-electron chi connectivity index (χ2n) is 12.2. The van der Waals surface area contributed by atoms with Gasteiger partial charge < -0.3 is 10.1 Å². The number of alkyl halides is 3. The van der Waals surface area contributed by atoms with Crippen LogP contribution in [0.1, 0.15) is 65.1 Å². The summed E-state index contributed by atoms with van der Waals surface area (Å²) in [5, 5.41) is 17.2. The van der Waals surface area contributed by atoms with Crippen molar-refractivity contribution in [3.05, 3.63) is 130 Å². The van der Waals surface area contributed by atoms with Gasteiger partial charge in [-0.05, 0) is 73.4 Å². The molecule has 16 heteroatoms. The van der Waals surface area contributed by atoms with Crippen LogP contribution in [0.4, 0.5) is 27.6 Å². The third-order valence-electron chi connectivity index (χ3n) is 8.45. The van der Waals surface area contributed by atoms with Crippen LogP contribution >= 0.6 is 0 Å². The molecular weight excluding hydrogens is 746 g/mol. The van der Waals surface area contributed by atoms with E-state index in [1.807, 2.05) is 17.7 Å². The largest absolute Gasteiger partial charge is 0.418 e. The van der Waals surface area contributed by atoms with E-state index in [0.29, 0.717) is 12.8 Å². The molecule has 1 heterocycles. The minimum Gasteiger partial charge on any atom is -0.372 e. The number of hydrogen-bond donors (Lipinski definition) is 2. The van der Waals surface area contributed by atoms with E-state index < -0.39 is 61.4 Å². The predicted molar refractivity (Wildman–Crippen MR) is 193 cm³/mol. The number of anilines is 1. The van der Waals surface area contributed by atoms with E-state index in [2.05, 4.69) is 10.4 Å². The quantitative estimate of drug-likeness (QED) is 0.110. The summed E-state index contributed by atoms with van der Waals surface area (Å²) in [5.41, 5.74) is -1.84. The second kappa shape index (κ2) is 17.0. The molecule has 4 aromatic carbocycles. The number of ether oxygens (including phenoxy) is 1. The van der Waals surface area contributed by atoms with Crippen molar-refractivity contribution < 1.29 is 44.7 Å². The predicted octanol–water partition coefficient (Wildman–Crippen LogP) is 7.74. The Labute approximate surface area is 313 Å². The van der Waals surface area contributed by atoms with Crippen molar-refractivity contribution in [3.63, 3.8) is 0 Å². The van der Waals surface area contributed by atoms with Crippen molar-refractivity contribution in [2.75, 3.05) is 18.5 Å². The number of unbranched alkanes of at least 4 members (excludes halogenated alkanes) is 1. The molecule has 0 fully saturated rings. The molecule has 0 atom stereocenters. The molecular formula is C39H34F5N5O5S. The van der Waals surface area contributed by atoms with Gasteiger partial charge in [0.15, 0.2) is 0 Å². The lowest BCUT2D eigenvalue weighted by Gasteiger charge is -2.16. The third kappa shape index (κ3) is 9.25. The van der Waals surface area contributed by atoms with Crippen LogP contribution < -0.4 is 10.0 Å². The number of benzene rings is 4. The number of nitrogens with zero attached hydrogens (tertiary/aromatic N) is 3. The number of carbonyl (C=O) groups excluding carboxylic acids is 2. The molecule has 0 aliphatic carbocycles. The average molecular weight is 780 g/mol. The molecule has 0 spiro atoms. The number of nitriles is 1. The zero-order chi connectivity index (χ0) is 39.9. The Hall–Kier alpha value is -5.92. The van der Waals surface area contributed by atoms with E-state index in [9.17, 15) is 40.8 Å². The number of hydrogen-bond acceptors (Lipinski definition) is 7. The molecule has 0 bridgehead atoms. The maximum atomic E-state index is 16.0. The summed E-state index contributed by atoms with van der Waals surface area (Å²) < 4.78 is 108. The third-order valence-corrected chi connectivity index (χ3v) is 9.83. The van der Waals surface area contributed by atoms with Gasteiger partial charge in [-0.3, -0.25) is 9.59 Å². The molecule has 0 radical (unpaired) electrons. The average Bonchev–Trinajstić information content (AvgIpc) is 3.50. The second-order valence-corrected chi connectivity index (χ2v) is 13.9. The number of amides is 2. The molecule has 2 amide bonds. The molecule has 10 nitrogen and oxygen atoms in total. The number of sulfonamides is 1. The summed E-state index contributed by atoms with van der Waals surface area (Å²) in [5.74, 6) is -3.57. The summed E-state index contributed by atoms with van der Waals surface area (Å²) in [7, 11) is -4.60. The van der Waals surface area contributed by atoms with Crippen LogP contribution in [-0.2, 0) is 38.6 Å². The lowest BCUT2D eigenvalue weighted by molar-refractivity contribution is -0.137. The van der Waals surface area contributed by atoms with E-state index >= 15 is 4.39 Å². The van der Waals surface area contributed by atoms with Crippen LogP contribution in [0.15, 0.2) is 89.8 Å². The van der Waals surface area contributed by atoms with E-state index in [0.717, 1.165) is 41.1 Å². The highest BCUT2D eigenvalue weighted by atomic mass is 32.2. The van der Waals surface area contributed by atoms with Crippen LogP contribution in [0, 0.1) is 23.0 Å². The molecule has 2 N–H and O–H groups in total. The number of rotatable bonds is 14. The topological polar surface area (TPSA) is 143 Å². The van der Waals surface area contributed by atoms with Crippen LogP contribution in [0.25, 0.3) is 16.8 Å². The first-order valence-electron chi connectivity index (χ1n) is 17.0. The highest BCUT2D eigenvalue weighted by Gasteiger charge is 2.36. The minimum absolute atomic E-state index is 0.000486. The Bertz CT molecular complexity index is 2390. The molecule has 1 aromatic heterocycles. The van der Waals surface area contributed by atoms with Gasteiger partial charge in [-0.1, -0.05) is 55.8 Å². The molecule has 5 aromatic rings. The van der Waals surface area contributed by atoms with Crippen molar-refractivity contribution >= 4 is 27.5 Å². The molecule has 0 saturated heterocycles. The van der Waals surface area contributed by atoms with Crippen LogP contribution in [0.2, 0.25) is 0 Å². The SMILES string of the molecule is CCCCc1nn(-c2cc(NC(=O)COCC)ccc2C(F)(F)F)c(C#N)c1Cc1ccc(-c2ccccc2S(=O)(=O)NC(=O)c2ccccc2F)cc1F. The van der Waals surface area contributed by atoms with Gasteiger partial charge >= 0.3 is 6.18 Å². The zero-order valence-corrected chi connectivity index (χ0v) is 30.3. The molecule has 0 aliphatic heterocycles. The van der Waals surface area contributed by atoms with E-state index in [1.54, 1.807) is 6.92 Å². The standard InChI is InChI=1S/C39H34F5N5O5S/c1-3-5-13-33-29(35(22-45)49(47-33)34-21-26(46-37(50)23-54-4-2)17-18-30(34)39(42,43)44)19-25-16-15-24(20-32(25)41)27-10-7-9-14-36(27)55(52,53)48-38(51)28-11-6-8-12-31(28)40/h6-12,14-18,20-21H,3-5,13,19,23H2,1-2H3,(H,46,50)(H,48,51). The van der Waals surface area contributed by atoms with Gasteiger partial charge in [-0.2, -0.15) is 23.5 Å². The number of nitrogens with one attached hydrogen (secondary N) is 2. The van der Waals surface area contributed by atoms with Crippen molar-refractivity contribution in [2.45, 2.75) is 50.6 Å². The molecule has 0 aliphatic rings. The van der Waals surface area contributed by atoms with Crippen molar-refractivity contribution in [1.82, 2.24) is 14.5 Å². The Morgan fingerprint density at radius 2 is 1.67 bits per heavy atom. The summed E-state index contributed by atoms with van der Waals surface area (Å²) in [6, 6.07) is 19.0. The lowest BCUT2D eigenvalue weighted by Crippen LogP contribution is -2.31. The first-order valence-corrected chi connectivity index (χ1v) is 18.5. The molecule has 55 heavy (non-hydrogen) atoms. The molecule has 286 valence electrons. The van der Waals surface area contributed by atoms with Gasteiger partial charge in [0.2, 0.25) is 5.91 Å². The van der Waals surface area contributed by atoms with Crippen molar-refractivity contribution in [2.24, 2.45) is 0 Å². The van der Waals surface area contributed by atoms with Gasteiger partial charge in [-0.15, -0.1) is 0 Å². The van der Waals surface area contributed by atoms with E-state index in [-0.39, 0.29) is 65.4 Å². The van der Waals surface area contributed by atoms with E-state index in [4.69, 9.17) is 4.74 Å². The number of aromatic nitrogens is 2. The Morgan fingerprint density at radius 1 is 0.945 bits per heavy atom. The van der Waals surface area contributed by atoms with Crippen LogP contribution in [0.5, 0.6) is 0 Å². The van der Waals surface area contributed by atoms with Crippen molar-refractivity contribution in [3.8, 4) is 22.9 Å². The molecule has 0 unspecified atom stereocenters. The zero-order valence-electron chi connectivity index (χ0n) is 29.5. The fourth-order valence-corrected chi connectivity index (χ4v) is 6.99. The normalized spacial score (nSPS) is 11.6. The van der Waals surface area contributed by atoms with Gasteiger partial charge in [0.1, 0.15) is 30.0 Å². The van der Waals surface area contributed by atoms with E-state index in [1.165, 1.54) is 48.5 Å². The van der Waals surface area contributed by atoms with Gasteiger partial charge in [-0.25, -0.2) is 26.6 Å². The fourth-order valence-electron chi connectivity index (χ4n) is 5.80. The number of aryl methyl sites for hydroxylation is 1. The Morgan fingerprint density at radius 3 is 2.35 bits per heavy atom.